The lowest BCUT2D eigenvalue weighted by Gasteiger charge is -2.16. The molecule has 4 heteroatoms. The van der Waals surface area contributed by atoms with Crippen molar-refractivity contribution < 1.29 is 9.84 Å². The topological polar surface area (TPSA) is 65.3 Å². The Kier molecular flexibility index (Phi) is 5.63. The van der Waals surface area contributed by atoms with Crippen molar-refractivity contribution in [2.45, 2.75) is 33.0 Å². The molecule has 1 atom stereocenters. The van der Waals surface area contributed by atoms with Crippen molar-refractivity contribution in [2.24, 2.45) is 0 Å². The number of aryl methyl sites for hydroxylation is 1. The molecule has 4 nitrogen and oxygen atoms in total. The van der Waals surface area contributed by atoms with Gasteiger partial charge in [-0.1, -0.05) is 6.07 Å². The van der Waals surface area contributed by atoms with Gasteiger partial charge in [0.1, 0.15) is 0 Å². The monoisotopic (exact) mass is 248 g/mol. The number of hydrogen-bond acceptors (Lipinski definition) is 4. The Morgan fingerprint density at radius 2 is 2.17 bits per heavy atom. The van der Waals surface area contributed by atoms with Crippen LogP contribution in [0.1, 0.15) is 25.0 Å². The fourth-order valence-corrected chi connectivity index (χ4v) is 1.47. The fourth-order valence-electron chi connectivity index (χ4n) is 1.47. The van der Waals surface area contributed by atoms with E-state index < -0.39 is 6.10 Å². The van der Waals surface area contributed by atoms with Gasteiger partial charge in [-0.05, 0) is 38.5 Å². The maximum Gasteiger partial charge on any atom is 0.0992 e. The zero-order valence-corrected chi connectivity index (χ0v) is 11.1. The Morgan fingerprint density at radius 3 is 2.78 bits per heavy atom. The van der Waals surface area contributed by atoms with Crippen molar-refractivity contribution in [3.8, 4) is 6.07 Å². The first-order valence-electron chi connectivity index (χ1n) is 6.07. The van der Waals surface area contributed by atoms with Crippen LogP contribution in [0.3, 0.4) is 0 Å². The molecule has 0 aliphatic heterocycles. The molecule has 2 N–H and O–H groups in total. The molecule has 0 saturated heterocycles. The Labute approximate surface area is 108 Å². The number of nitrogens with one attached hydrogen (secondary N) is 1. The molecule has 0 aromatic heterocycles. The van der Waals surface area contributed by atoms with Gasteiger partial charge in [0.25, 0.3) is 0 Å². The van der Waals surface area contributed by atoms with Gasteiger partial charge >= 0.3 is 0 Å². The van der Waals surface area contributed by atoms with Crippen LogP contribution in [0.2, 0.25) is 0 Å². The summed E-state index contributed by atoms with van der Waals surface area (Å²) in [7, 11) is 0. The molecule has 1 unspecified atom stereocenters. The molecule has 0 aliphatic carbocycles. The molecule has 1 aromatic carbocycles. The highest BCUT2D eigenvalue weighted by molar-refractivity contribution is 5.55. The predicted octanol–water partition coefficient (Wildman–Crippen LogP) is 2.06. The van der Waals surface area contributed by atoms with Crippen LogP contribution in [-0.4, -0.2) is 30.5 Å². The highest BCUT2D eigenvalue weighted by Gasteiger charge is 2.07. The third kappa shape index (κ3) is 4.74. The summed E-state index contributed by atoms with van der Waals surface area (Å²) in [6.45, 7) is 6.53. The van der Waals surface area contributed by atoms with E-state index >= 15 is 0 Å². The van der Waals surface area contributed by atoms with Gasteiger partial charge in [0.05, 0.1) is 30.4 Å². The number of aliphatic hydroxyl groups excluding tert-OH is 1. The van der Waals surface area contributed by atoms with Gasteiger partial charge in [-0.2, -0.15) is 5.26 Å². The summed E-state index contributed by atoms with van der Waals surface area (Å²) in [5.74, 6) is 0. The van der Waals surface area contributed by atoms with E-state index in [0.717, 1.165) is 11.3 Å². The summed E-state index contributed by atoms with van der Waals surface area (Å²) < 4.78 is 5.32. The summed E-state index contributed by atoms with van der Waals surface area (Å²) in [4.78, 5) is 0. The molecule has 1 rings (SSSR count). The smallest absolute Gasteiger partial charge is 0.0992 e. The molecule has 1 aromatic rings. The van der Waals surface area contributed by atoms with Crippen molar-refractivity contribution in [2.75, 3.05) is 18.5 Å². The zero-order chi connectivity index (χ0) is 13.5. The highest BCUT2D eigenvalue weighted by Crippen LogP contribution is 2.16. The van der Waals surface area contributed by atoms with Crippen LogP contribution in [0.15, 0.2) is 18.2 Å². The lowest BCUT2D eigenvalue weighted by molar-refractivity contribution is 0.0112. The molecule has 0 bridgehead atoms. The van der Waals surface area contributed by atoms with Crippen molar-refractivity contribution in [3.05, 3.63) is 29.3 Å². The SMILES string of the molecule is Cc1ccc(C#N)cc1NCC(O)COC(C)C. The van der Waals surface area contributed by atoms with E-state index in [-0.39, 0.29) is 6.10 Å². The van der Waals surface area contributed by atoms with Gasteiger partial charge in [0.15, 0.2) is 0 Å². The van der Waals surface area contributed by atoms with Crippen molar-refractivity contribution >= 4 is 5.69 Å². The second-order valence-corrected chi connectivity index (χ2v) is 4.56. The van der Waals surface area contributed by atoms with Gasteiger partial charge in [-0.25, -0.2) is 0 Å². The lowest BCUT2D eigenvalue weighted by atomic mass is 10.1. The quantitative estimate of drug-likeness (QED) is 0.808. The standard InChI is InChI=1S/C14H20N2O2/c1-10(2)18-9-13(17)8-16-14-6-12(7-15)5-4-11(14)3/h4-6,10,13,16-17H,8-9H2,1-3H3. The van der Waals surface area contributed by atoms with Crippen LogP contribution < -0.4 is 5.32 Å². The number of anilines is 1. The minimum absolute atomic E-state index is 0.114. The molecule has 0 fully saturated rings. The van der Waals surface area contributed by atoms with Crippen LogP contribution in [-0.2, 0) is 4.74 Å². The molecule has 0 heterocycles. The summed E-state index contributed by atoms with van der Waals surface area (Å²) in [5, 5.41) is 21.7. The number of benzene rings is 1. The fraction of sp³-hybridized carbons (Fsp3) is 0.500. The predicted molar refractivity (Wildman–Crippen MR) is 71.5 cm³/mol. The normalized spacial score (nSPS) is 12.2. The van der Waals surface area contributed by atoms with Crippen molar-refractivity contribution in [1.29, 1.82) is 5.26 Å². The molecule has 0 aliphatic rings. The van der Waals surface area contributed by atoms with E-state index in [1.807, 2.05) is 26.8 Å². The van der Waals surface area contributed by atoms with E-state index in [2.05, 4.69) is 11.4 Å². The first-order valence-corrected chi connectivity index (χ1v) is 6.07. The van der Waals surface area contributed by atoms with Crippen LogP contribution in [0.25, 0.3) is 0 Å². The molecule has 0 radical (unpaired) electrons. The maximum absolute atomic E-state index is 9.72. The van der Waals surface area contributed by atoms with Crippen LogP contribution >= 0.6 is 0 Å². The second-order valence-electron chi connectivity index (χ2n) is 4.56. The van der Waals surface area contributed by atoms with Gasteiger partial charge in [0.2, 0.25) is 0 Å². The van der Waals surface area contributed by atoms with Crippen LogP contribution in [0.5, 0.6) is 0 Å². The van der Waals surface area contributed by atoms with E-state index in [9.17, 15) is 5.11 Å². The molecule has 98 valence electrons. The third-order valence-electron chi connectivity index (χ3n) is 2.52. The Hall–Kier alpha value is -1.57. The first-order chi connectivity index (χ1) is 8.52. The van der Waals surface area contributed by atoms with Gasteiger partial charge in [-0.15, -0.1) is 0 Å². The first kappa shape index (κ1) is 14.5. The summed E-state index contributed by atoms with van der Waals surface area (Å²) in [6.07, 6.45) is -0.444. The average Bonchev–Trinajstić information content (AvgIpc) is 2.35. The molecule has 0 saturated carbocycles. The number of hydrogen-bond donors (Lipinski definition) is 2. The van der Waals surface area contributed by atoms with Gasteiger partial charge in [0, 0.05) is 12.2 Å². The molecular formula is C14H20N2O2. The Morgan fingerprint density at radius 1 is 1.44 bits per heavy atom. The number of rotatable bonds is 6. The van der Waals surface area contributed by atoms with Gasteiger partial charge < -0.3 is 15.2 Å². The minimum atomic E-state index is -0.558. The molecular weight excluding hydrogens is 228 g/mol. The maximum atomic E-state index is 9.72. The van der Waals surface area contributed by atoms with Crippen molar-refractivity contribution in [3.63, 3.8) is 0 Å². The molecule has 0 amide bonds. The highest BCUT2D eigenvalue weighted by atomic mass is 16.5. The summed E-state index contributed by atoms with van der Waals surface area (Å²) in [6, 6.07) is 7.54. The van der Waals surface area contributed by atoms with Gasteiger partial charge in [-0.3, -0.25) is 0 Å². The number of nitrogens with zero attached hydrogens (tertiary/aromatic N) is 1. The van der Waals surface area contributed by atoms with E-state index in [4.69, 9.17) is 10.00 Å². The van der Waals surface area contributed by atoms with Crippen LogP contribution in [0, 0.1) is 18.3 Å². The summed E-state index contributed by atoms with van der Waals surface area (Å²) in [5.41, 5.74) is 2.53. The molecule has 18 heavy (non-hydrogen) atoms. The van der Waals surface area contributed by atoms with E-state index in [1.54, 1.807) is 12.1 Å². The van der Waals surface area contributed by atoms with Crippen molar-refractivity contribution in [1.82, 2.24) is 0 Å². The number of nitriles is 1. The van der Waals surface area contributed by atoms with Crippen LogP contribution in [0.4, 0.5) is 5.69 Å². The third-order valence-corrected chi connectivity index (χ3v) is 2.52. The zero-order valence-electron chi connectivity index (χ0n) is 11.1. The molecule has 0 spiro atoms. The summed E-state index contributed by atoms with van der Waals surface area (Å²) >= 11 is 0. The second kappa shape index (κ2) is 7.00. The Bertz CT molecular complexity index is 424. The number of aliphatic hydroxyl groups is 1. The number of ether oxygens (including phenoxy) is 1. The van der Waals surface area contributed by atoms with E-state index in [1.165, 1.54) is 0 Å². The van der Waals surface area contributed by atoms with E-state index in [0.29, 0.717) is 18.7 Å². The lowest BCUT2D eigenvalue weighted by Crippen LogP contribution is -2.26. The minimum Gasteiger partial charge on any atom is -0.389 e. The average molecular weight is 248 g/mol. The Balaban J connectivity index is 2.50. The largest absolute Gasteiger partial charge is 0.389 e.